The first-order valence-electron chi connectivity index (χ1n) is 3.96. The van der Waals surface area contributed by atoms with Gasteiger partial charge in [0.05, 0.1) is 6.42 Å². The molecule has 1 N–H and O–H groups in total. The monoisotopic (exact) mass is 174 g/mol. The van der Waals surface area contributed by atoms with Gasteiger partial charge in [0.2, 0.25) is 0 Å². The second-order valence-corrected chi connectivity index (χ2v) is 2.67. The highest BCUT2D eigenvalue weighted by molar-refractivity contribution is 5.55. The van der Waals surface area contributed by atoms with Crippen LogP contribution >= 0.6 is 0 Å². The summed E-state index contributed by atoms with van der Waals surface area (Å²) in [4.78, 5) is 9.99. The average Bonchev–Trinajstić information content (AvgIpc) is 2.09. The second kappa shape index (κ2) is 4.32. The van der Waals surface area contributed by atoms with E-state index in [0.717, 1.165) is 17.4 Å². The van der Waals surface area contributed by atoms with Gasteiger partial charge in [-0.3, -0.25) is 0 Å². The maximum Gasteiger partial charge on any atom is 0.131 e. The molecular weight excluding hydrogens is 164 g/mol. The molecule has 0 saturated carbocycles. The summed E-state index contributed by atoms with van der Waals surface area (Å²) in [6, 6.07) is 4.96. The number of hydrogen-bond acceptors (Lipinski definition) is 2. The number of aromatic hydroxyl groups is 1. The Kier molecular flexibility index (Phi) is 3.10. The van der Waals surface area contributed by atoms with Gasteiger partial charge in [-0.15, -0.1) is 0 Å². The molecular formula is C11H10O2. The van der Waals surface area contributed by atoms with Crippen molar-refractivity contribution in [1.82, 2.24) is 0 Å². The van der Waals surface area contributed by atoms with Crippen LogP contribution in [0, 0.1) is 18.8 Å². The van der Waals surface area contributed by atoms with Crippen molar-refractivity contribution in [3.63, 3.8) is 0 Å². The number of rotatable bonds is 1. The van der Waals surface area contributed by atoms with Crippen molar-refractivity contribution in [2.45, 2.75) is 13.3 Å². The van der Waals surface area contributed by atoms with Gasteiger partial charge in [0, 0.05) is 5.56 Å². The molecule has 0 fully saturated rings. The quantitative estimate of drug-likeness (QED) is 0.519. The highest BCUT2D eigenvalue weighted by atomic mass is 16.3. The van der Waals surface area contributed by atoms with Crippen LogP contribution in [0.1, 0.15) is 17.5 Å². The molecule has 1 aromatic carbocycles. The number of phenolic OH excluding ortho intramolecular Hbond substituents is 1. The molecule has 0 atom stereocenters. The molecule has 0 bridgehead atoms. The predicted octanol–water partition coefficient (Wildman–Crippen LogP) is 1.64. The van der Waals surface area contributed by atoms with Gasteiger partial charge >= 0.3 is 0 Å². The zero-order valence-electron chi connectivity index (χ0n) is 7.37. The summed E-state index contributed by atoms with van der Waals surface area (Å²) in [5, 5.41) is 9.10. The van der Waals surface area contributed by atoms with Gasteiger partial charge in [-0.2, -0.15) is 0 Å². The lowest BCUT2D eigenvalue weighted by molar-refractivity contribution is -0.107. The van der Waals surface area contributed by atoms with E-state index in [1.807, 2.05) is 6.92 Å². The van der Waals surface area contributed by atoms with E-state index >= 15 is 0 Å². The molecule has 1 aromatic rings. The molecule has 2 heteroatoms. The summed E-state index contributed by atoms with van der Waals surface area (Å²) < 4.78 is 0. The highest BCUT2D eigenvalue weighted by Crippen LogP contribution is 2.14. The molecule has 1 rings (SSSR count). The van der Waals surface area contributed by atoms with Gasteiger partial charge in [0.25, 0.3) is 0 Å². The fourth-order valence-corrected chi connectivity index (χ4v) is 0.976. The molecule has 2 nitrogen and oxygen atoms in total. The minimum Gasteiger partial charge on any atom is -0.508 e. The van der Waals surface area contributed by atoms with E-state index in [4.69, 9.17) is 5.11 Å². The summed E-state index contributed by atoms with van der Waals surface area (Å²) in [5.74, 6) is 5.80. The van der Waals surface area contributed by atoms with Gasteiger partial charge in [-0.25, -0.2) is 0 Å². The molecule has 0 radical (unpaired) electrons. The minimum atomic E-state index is 0.235. The Bertz CT molecular complexity index is 369. The zero-order chi connectivity index (χ0) is 9.68. The van der Waals surface area contributed by atoms with Crippen LogP contribution in [0.5, 0.6) is 5.75 Å². The Hall–Kier alpha value is -1.75. The Balaban J connectivity index is 2.91. The SMILES string of the molecule is Cc1cc(O)ccc1C#CCC=O. The molecule has 0 aliphatic carbocycles. The topological polar surface area (TPSA) is 37.3 Å². The Morgan fingerprint density at radius 2 is 2.31 bits per heavy atom. The number of aryl methyl sites for hydroxylation is 1. The Labute approximate surface area is 77.2 Å². The first-order valence-corrected chi connectivity index (χ1v) is 3.96. The van der Waals surface area contributed by atoms with Gasteiger partial charge in [-0.05, 0) is 30.7 Å². The maximum atomic E-state index is 9.99. The summed E-state index contributed by atoms with van der Waals surface area (Å²) >= 11 is 0. The minimum absolute atomic E-state index is 0.235. The third-order valence-corrected chi connectivity index (χ3v) is 1.62. The van der Waals surface area contributed by atoms with Crippen LogP contribution in [0.2, 0.25) is 0 Å². The van der Waals surface area contributed by atoms with Crippen LogP contribution in [-0.4, -0.2) is 11.4 Å². The summed E-state index contributed by atoms with van der Waals surface area (Å²) in [5.41, 5.74) is 1.76. The fraction of sp³-hybridized carbons (Fsp3) is 0.182. The Morgan fingerprint density at radius 3 is 2.92 bits per heavy atom. The van der Waals surface area contributed by atoms with Crippen LogP contribution in [0.3, 0.4) is 0 Å². The maximum absolute atomic E-state index is 9.99. The van der Waals surface area contributed by atoms with Crippen molar-refractivity contribution in [2.24, 2.45) is 0 Å². The summed E-state index contributed by atoms with van der Waals surface area (Å²) in [6.07, 6.45) is 1.02. The van der Waals surface area contributed by atoms with Crippen molar-refractivity contribution in [2.75, 3.05) is 0 Å². The lowest BCUT2D eigenvalue weighted by Gasteiger charge is -1.97. The van der Waals surface area contributed by atoms with E-state index in [0.29, 0.717) is 0 Å². The largest absolute Gasteiger partial charge is 0.508 e. The molecule has 0 aromatic heterocycles. The zero-order valence-corrected chi connectivity index (χ0v) is 7.37. The number of aldehydes is 1. The van der Waals surface area contributed by atoms with Crippen LogP contribution in [0.15, 0.2) is 18.2 Å². The predicted molar refractivity (Wildman–Crippen MR) is 50.4 cm³/mol. The van der Waals surface area contributed by atoms with Gasteiger partial charge in [0.15, 0.2) is 0 Å². The highest BCUT2D eigenvalue weighted by Gasteiger charge is 1.94. The number of carbonyl (C=O) groups excluding carboxylic acids is 1. The lowest BCUT2D eigenvalue weighted by Crippen LogP contribution is -1.80. The molecule has 0 aliphatic heterocycles. The van der Waals surface area contributed by atoms with Crippen molar-refractivity contribution in [3.05, 3.63) is 29.3 Å². The summed E-state index contributed by atoms with van der Waals surface area (Å²) in [7, 11) is 0. The van der Waals surface area contributed by atoms with Crippen LogP contribution < -0.4 is 0 Å². The molecule has 0 unspecified atom stereocenters. The molecule has 66 valence electrons. The standard InChI is InChI=1S/C11H10O2/c1-9-8-11(13)6-5-10(9)4-2-3-7-12/h5-8,13H,3H2,1H3. The molecule has 0 heterocycles. The van der Waals surface area contributed by atoms with Gasteiger partial charge in [-0.1, -0.05) is 11.8 Å². The molecule has 0 aliphatic rings. The van der Waals surface area contributed by atoms with E-state index in [2.05, 4.69) is 11.8 Å². The first kappa shape index (κ1) is 9.34. The molecule has 0 amide bonds. The normalized spacial score (nSPS) is 8.69. The van der Waals surface area contributed by atoms with Gasteiger partial charge < -0.3 is 9.90 Å². The number of hydrogen-bond donors (Lipinski definition) is 1. The fourth-order valence-electron chi connectivity index (χ4n) is 0.976. The Morgan fingerprint density at radius 1 is 1.54 bits per heavy atom. The van der Waals surface area contributed by atoms with E-state index in [-0.39, 0.29) is 12.2 Å². The number of phenols is 1. The molecule has 0 saturated heterocycles. The van der Waals surface area contributed by atoms with Crippen molar-refractivity contribution in [1.29, 1.82) is 0 Å². The third-order valence-electron chi connectivity index (χ3n) is 1.62. The van der Waals surface area contributed by atoms with E-state index in [9.17, 15) is 4.79 Å². The van der Waals surface area contributed by atoms with E-state index < -0.39 is 0 Å². The van der Waals surface area contributed by atoms with Crippen molar-refractivity contribution in [3.8, 4) is 17.6 Å². The first-order chi connectivity index (χ1) is 6.24. The number of benzene rings is 1. The number of carbonyl (C=O) groups is 1. The smallest absolute Gasteiger partial charge is 0.131 e. The van der Waals surface area contributed by atoms with Crippen molar-refractivity contribution >= 4 is 6.29 Å². The third kappa shape index (κ3) is 2.64. The van der Waals surface area contributed by atoms with Gasteiger partial charge in [0.1, 0.15) is 12.0 Å². The molecule has 0 spiro atoms. The van der Waals surface area contributed by atoms with Crippen LogP contribution in [0.25, 0.3) is 0 Å². The average molecular weight is 174 g/mol. The van der Waals surface area contributed by atoms with E-state index in [1.165, 1.54) is 0 Å². The lowest BCUT2D eigenvalue weighted by atomic mass is 10.1. The van der Waals surface area contributed by atoms with E-state index in [1.54, 1.807) is 18.2 Å². The van der Waals surface area contributed by atoms with Crippen LogP contribution in [0.4, 0.5) is 0 Å². The van der Waals surface area contributed by atoms with Crippen LogP contribution in [-0.2, 0) is 4.79 Å². The summed E-state index contributed by atoms with van der Waals surface area (Å²) in [6.45, 7) is 1.87. The molecule has 13 heavy (non-hydrogen) atoms. The second-order valence-electron chi connectivity index (χ2n) is 2.67. The van der Waals surface area contributed by atoms with Crippen molar-refractivity contribution < 1.29 is 9.90 Å².